The zero-order valence-corrected chi connectivity index (χ0v) is 10.8. The topological polar surface area (TPSA) is 52.8 Å². The van der Waals surface area contributed by atoms with Gasteiger partial charge in [-0.15, -0.1) is 0 Å². The van der Waals surface area contributed by atoms with Crippen molar-refractivity contribution in [3.05, 3.63) is 17.5 Å². The fourth-order valence-corrected chi connectivity index (χ4v) is 2.21. The van der Waals surface area contributed by atoms with E-state index in [9.17, 15) is 0 Å². The summed E-state index contributed by atoms with van der Waals surface area (Å²) in [5, 5.41) is 9.00. The van der Waals surface area contributed by atoms with E-state index < -0.39 is 0 Å². The molecule has 0 N–H and O–H groups in total. The van der Waals surface area contributed by atoms with E-state index in [0.29, 0.717) is 5.69 Å². The van der Waals surface area contributed by atoms with Gasteiger partial charge in [0.1, 0.15) is 11.8 Å². The summed E-state index contributed by atoms with van der Waals surface area (Å²) in [4.78, 5) is 11.2. The zero-order valence-electron chi connectivity index (χ0n) is 10.8. The van der Waals surface area contributed by atoms with Crippen molar-refractivity contribution in [3.8, 4) is 6.07 Å². The number of hydrogen-bond donors (Lipinski definition) is 0. The highest BCUT2D eigenvalue weighted by molar-refractivity contribution is 5.36. The number of aryl methyl sites for hydroxylation is 1. The second kappa shape index (κ2) is 4.56. The first-order chi connectivity index (χ1) is 8.74. The van der Waals surface area contributed by atoms with Gasteiger partial charge in [-0.2, -0.15) is 5.26 Å². The Bertz CT molecular complexity index is 469. The highest BCUT2D eigenvalue weighted by Crippen LogP contribution is 2.34. The summed E-state index contributed by atoms with van der Waals surface area (Å²) < 4.78 is 0. The van der Waals surface area contributed by atoms with Crippen molar-refractivity contribution in [2.45, 2.75) is 32.6 Å². The average molecular weight is 242 g/mol. The van der Waals surface area contributed by atoms with Gasteiger partial charge in [0.15, 0.2) is 0 Å². The van der Waals surface area contributed by atoms with E-state index in [2.05, 4.69) is 20.9 Å². The Morgan fingerprint density at radius 3 is 2.33 bits per heavy atom. The minimum absolute atomic E-state index is 0.481. The summed E-state index contributed by atoms with van der Waals surface area (Å²) in [6, 6.07) is 3.87. The smallest absolute Gasteiger partial charge is 0.226 e. The summed E-state index contributed by atoms with van der Waals surface area (Å²) >= 11 is 0. The predicted molar refractivity (Wildman–Crippen MR) is 69.1 cm³/mol. The summed E-state index contributed by atoms with van der Waals surface area (Å²) in [6.07, 6.45) is 5.33. The Hall–Kier alpha value is -1.63. The first kappa shape index (κ1) is 11.5. The van der Waals surface area contributed by atoms with E-state index in [1.807, 2.05) is 6.92 Å². The van der Waals surface area contributed by atoms with Crippen molar-refractivity contribution < 1.29 is 0 Å². The van der Waals surface area contributed by atoms with E-state index >= 15 is 0 Å². The molecular formula is C14H18N4. The Morgan fingerprint density at radius 1 is 1.22 bits per heavy atom. The predicted octanol–water partition coefficient (Wildman–Crippen LogP) is 2.28. The molecule has 0 unspecified atom stereocenters. The van der Waals surface area contributed by atoms with Crippen LogP contribution in [0.1, 0.15) is 37.1 Å². The van der Waals surface area contributed by atoms with Crippen molar-refractivity contribution in [2.75, 3.05) is 18.0 Å². The number of aromatic nitrogens is 2. The molecule has 0 saturated heterocycles. The number of rotatable bonds is 5. The maximum absolute atomic E-state index is 9.00. The van der Waals surface area contributed by atoms with Crippen LogP contribution in [0.5, 0.6) is 0 Å². The van der Waals surface area contributed by atoms with Crippen LogP contribution in [0.3, 0.4) is 0 Å². The Labute approximate surface area is 108 Å². The number of nitriles is 1. The van der Waals surface area contributed by atoms with Crippen LogP contribution in [-0.4, -0.2) is 23.1 Å². The van der Waals surface area contributed by atoms with E-state index in [1.54, 1.807) is 6.07 Å². The molecule has 2 aliphatic carbocycles. The van der Waals surface area contributed by atoms with Crippen molar-refractivity contribution in [1.82, 2.24) is 9.97 Å². The van der Waals surface area contributed by atoms with Crippen molar-refractivity contribution >= 4 is 5.95 Å². The molecule has 0 amide bonds. The molecule has 0 aromatic carbocycles. The molecule has 4 heteroatoms. The van der Waals surface area contributed by atoms with Gasteiger partial charge in [-0.05, 0) is 50.5 Å². The Kier molecular flexibility index (Phi) is 2.91. The monoisotopic (exact) mass is 242 g/mol. The van der Waals surface area contributed by atoms with Gasteiger partial charge >= 0.3 is 0 Å². The van der Waals surface area contributed by atoms with E-state index in [1.165, 1.54) is 25.7 Å². The van der Waals surface area contributed by atoms with Gasteiger partial charge in [-0.25, -0.2) is 9.97 Å². The zero-order chi connectivity index (χ0) is 12.5. The lowest BCUT2D eigenvalue weighted by atomic mass is 10.3. The average Bonchev–Trinajstić information content (AvgIpc) is 3.22. The fourth-order valence-electron chi connectivity index (χ4n) is 2.21. The van der Waals surface area contributed by atoms with Crippen LogP contribution in [-0.2, 0) is 0 Å². The SMILES string of the molecule is Cc1cc(C#N)nc(N(CC2CC2)CC2CC2)n1. The molecular weight excluding hydrogens is 224 g/mol. The van der Waals surface area contributed by atoms with Gasteiger partial charge in [0, 0.05) is 18.8 Å². The molecule has 2 saturated carbocycles. The van der Waals surface area contributed by atoms with Crippen LogP contribution in [0.2, 0.25) is 0 Å². The second-order valence-electron chi connectivity index (χ2n) is 5.60. The third kappa shape index (κ3) is 2.79. The third-order valence-electron chi connectivity index (χ3n) is 3.59. The molecule has 0 atom stereocenters. The lowest BCUT2D eigenvalue weighted by Crippen LogP contribution is -2.30. The lowest BCUT2D eigenvalue weighted by molar-refractivity contribution is 0.660. The van der Waals surface area contributed by atoms with Crippen LogP contribution >= 0.6 is 0 Å². The molecule has 0 radical (unpaired) electrons. The molecule has 4 nitrogen and oxygen atoms in total. The van der Waals surface area contributed by atoms with Gasteiger partial charge < -0.3 is 4.90 Å². The van der Waals surface area contributed by atoms with Gasteiger partial charge in [0.05, 0.1) is 0 Å². The minimum Gasteiger partial charge on any atom is -0.340 e. The van der Waals surface area contributed by atoms with E-state index in [-0.39, 0.29) is 0 Å². The molecule has 2 fully saturated rings. The number of nitrogens with zero attached hydrogens (tertiary/aromatic N) is 4. The molecule has 1 aromatic heterocycles. The largest absolute Gasteiger partial charge is 0.340 e. The highest BCUT2D eigenvalue weighted by Gasteiger charge is 2.30. The minimum atomic E-state index is 0.481. The van der Waals surface area contributed by atoms with Crippen LogP contribution in [0.15, 0.2) is 6.07 Å². The summed E-state index contributed by atoms with van der Waals surface area (Å²) in [7, 11) is 0. The summed E-state index contributed by atoms with van der Waals surface area (Å²) in [6.45, 7) is 4.05. The first-order valence-electron chi connectivity index (χ1n) is 6.75. The summed E-state index contributed by atoms with van der Waals surface area (Å²) in [5.74, 6) is 2.39. The van der Waals surface area contributed by atoms with Gasteiger partial charge in [-0.1, -0.05) is 0 Å². The van der Waals surface area contributed by atoms with Crippen LogP contribution in [0.4, 0.5) is 5.95 Å². The lowest BCUT2D eigenvalue weighted by Gasteiger charge is -2.22. The molecule has 18 heavy (non-hydrogen) atoms. The quantitative estimate of drug-likeness (QED) is 0.795. The maximum Gasteiger partial charge on any atom is 0.226 e. The number of anilines is 1. The fraction of sp³-hybridized carbons (Fsp3) is 0.643. The van der Waals surface area contributed by atoms with Crippen LogP contribution < -0.4 is 4.90 Å². The molecule has 2 aliphatic rings. The second-order valence-corrected chi connectivity index (χ2v) is 5.60. The molecule has 3 rings (SSSR count). The molecule has 0 bridgehead atoms. The van der Waals surface area contributed by atoms with Crippen molar-refractivity contribution in [3.63, 3.8) is 0 Å². The third-order valence-corrected chi connectivity index (χ3v) is 3.59. The first-order valence-corrected chi connectivity index (χ1v) is 6.75. The number of hydrogen-bond acceptors (Lipinski definition) is 4. The molecule has 94 valence electrons. The molecule has 0 spiro atoms. The highest BCUT2D eigenvalue weighted by atomic mass is 15.3. The van der Waals surface area contributed by atoms with Crippen molar-refractivity contribution in [2.24, 2.45) is 11.8 Å². The maximum atomic E-state index is 9.00. The van der Waals surface area contributed by atoms with Gasteiger partial charge in [-0.3, -0.25) is 0 Å². The van der Waals surface area contributed by atoms with Gasteiger partial charge in [0.25, 0.3) is 0 Å². The molecule has 0 aliphatic heterocycles. The normalized spacial score (nSPS) is 18.4. The summed E-state index contributed by atoms with van der Waals surface area (Å²) in [5.41, 5.74) is 1.36. The standard InChI is InChI=1S/C14H18N4/c1-10-6-13(7-15)17-14(16-10)18(8-11-2-3-11)9-12-4-5-12/h6,11-12H,2-5,8-9H2,1H3. The van der Waals surface area contributed by atoms with Gasteiger partial charge in [0.2, 0.25) is 5.95 Å². The van der Waals surface area contributed by atoms with E-state index in [0.717, 1.165) is 36.6 Å². The van der Waals surface area contributed by atoms with Crippen molar-refractivity contribution in [1.29, 1.82) is 5.26 Å². The van der Waals surface area contributed by atoms with Crippen LogP contribution in [0, 0.1) is 30.1 Å². The Balaban J connectivity index is 1.82. The molecule has 1 aromatic rings. The Morgan fingerprint density at radius 2 is 1.83 bits per heavy atom. The van der Waals surface area contributed by atoms with E-state index in [4.69, 9.17) is 5.26 Å². The molecule has 1 heterocycles. The van der Waals surface area contributed by atoms with Crippen LogP contribution in [0.25, 0.3) is 0 Å².